The van der Waals surface area contributed by atoms with Crippen molar-refractivity contribution in [2.24, 2.45) is 5.92 Å². The monoisotopic (exact) mass is 364 g/mol. The minimum Gasteiger partial charge on any atom is -0.490 e. The van der Waals surface area contributed by atoms with Gasteiger partial charge in [0.15, 0.2) is 11.5 Å². The number of fused-ring (bicyclic) bond motifs is 1. The van der Waals surface area contributed by atoms with E-state index in [1.807, 2.05) is 39.0 Å². The normalized spacial score (nSPS) is 15.6. The van der Waals surface area contributed by atoms with Crippen molar-refractivity contribution in [1.29, 1.82) is 0 Å². The van der Waals surface area contributed by atoms with Gasteiger partial charge in [-0.1, -0.05) is 19.9 Å². The quantitative estimate of drug-likeness (QED) is 0.811. The van der Waals surface area contributed by atoms with Gasteiger partial charge < -0.3 is 24.8 Å². The van der Waals surface area contributed by atoms with E-state index in [9.17, 15) is 9.59 Å². The second kappa shape index (κ2) is 9.31. The molecule has 0 bridgehead atoms. The first-order valence-corrected chi connectivity index (χ1v) is 9.05. The molecule has 1 aliphatic rings. The van der Waals surface area contributed by atoms with Gasteiger partial charge >= 0.3 is 6.09 Å². The van der Waals surface area contributed by atoms with Crippen molar-refractivity contribution in [1.82, 2.24) is 10.6 Å². The molecule has 2 rings (SSSR count). The third-order valence-corrected chi connectivity index (χ3v) is 4.13. The molecule has 2 atom stereocenters. The van der Waals surface area contributed by atoms with Crippen LogP contribution in [-0.4, -0.2) is 37.9 Å². The van der Waals surface area contributed by atoms with Gasteiger partial charge in [-0.15, -0.1) is 0 Å². The molecule has 2 N–H and O–H groups in total. The molecule has 0 fully saturated rings. The Morgan fingerprint density at radius 2 is 1.81 bits per heavy atom. The Morgan fingerprint density at radius 3 is 2.46 bits per heavy atom. The molecule has 26 heavy (non-hydrogen) atoms. The van der Waals surface area contributed by atoms with E-state index in [2.05, 4.69) is 10.6 Å². The van der Waals surface area contributed by atoms with Crippen LogP contribution in [0.15, 0.2) is 18.2 Å². The van der Waals surface area contributed by atoms with Gasteiger partial charge in [0.05, 0.1) is 25.9 Å². The molecule has 7 nitrogen and oxygen atoms in total. The fraction of sp³-hybridized carbons (Fsp3) is 0.579. The first kappa shape index (κ1) is 19.9. The molecule has 2 unspecified atom stereocenters. The van der Waals surface area contributed by atoms with Gasteiger partial charge in [-0.3, -0.25) is 4.79 Å². The Morgan fingerprint density at radius 1 is 1.12 bits per heavy atom. The Bertz CT molecular complexity index is 632. The summed E-state index contributed by atoms with van der Waals surface area (Å²) in [6.45, 7) is 8.84. The highest BCUT2D eigenvalue weighted by Gasteiger charge is 2.26. The number of ether oxygens (including phenoxy) is 3. The van der Waals surface area contributed by atoms with Crippen molar-refractivity contribution in [3.05, 3.63) is 23.8 Å². The maximum absolute atomic E-state index is 12.6. The molecule has 0 saturated carbocycles. The van der Waals surface area contributed by atoms with Crippen molar-refractivity contribution in [3.8, 4) is 11.5 Å². The Kier molecular flexibility index (Phi) is 7.12. The van der Waals surface area contributed by atoms with Crippen LogP contribution in [0.25, 0.3) is 0 Å². The number of hydrogen-bond acceptors (Lipinski definition) is 5. The van der Waals surface area contributed by atoms with Gasteiger partial charge in [-0.2, -0.15) is 0 Å². The van der Waals surface area contributed by atoms with Gasteiger partial charge in [0.25, 0.3) is 0 Å². The van der Waals surface area contributed by atoms with Crippen molar-refractivity contribution in [3.63, 3.8) is 0 Å². The highest BCUT2D eigenvalue weighted by Crippen LogP contribution is 2.32. The number of alkyl carbamates (subject to hydrolysis) is 1. The van der Waals surface area contributed by atoms with Gasteiger partial charge in [0.1, 0.15) is 6.04 Å². The second-order valence-electron chi connectivity index (χ2n) is 6.57. The average molecular weight is 364 g/mol. The zero-order chi connectivity index (χ0) is 19.1. The Hall–Kier alpha value is -2.44. The predicted molar refractivity (Wildman–Crippen MR) is 97.4 cm³/mol. The summed E-state index contributed by atoms with van der Waals surface area (Å²) in [5, 5.41) is 5.56. The van der Waals surface area contributed by atoms with Gasteiger partial charge in [-0.05, 0) is 37.5 Å². The molecule has 0 aliphatic carbocycles. The summed E-state index contributed by atoms with van der Waals surface area (Å²) in [6, 6.07) is 4.73. The van der Waals surface area contributed by atoms with Gasteiger partial charge in [0.2, 0.25) is 5.91 Å². The number of benzene rings is 1. The van der Waals surface area contributed by atoms with Crippen molar-refractivity contribution in [2.75, 3.05) is 19.8 Å². The van der Waals surface area contributed by atoms with E-state index >= 15 is 0 Å². The Labute approximate surface area is 154 Å². The molecule has 1 aromatic carbocycles. The highest BCUT2D eigenvalue weighted by molar-refractivity contribution is 5.86. The lowest BCUT2D eigenvalue weighted by Gasteiger charge is -2.24. The molecule has 144 valence electrons. The number of carbonyl (C=O) groups excluding carboxylic acids is 2. The second-order valence-corrected chi connectivity index (χ2v) is 6.57. The number of carbonyl (C=O) groups is 2. The summed E-state index contributed by atoms with van der Waals surface area (Å²) in [6.07, 6.45) is 0.246. The van der Waals surface area contributed by atoms with Crippen LogP contribution in [0.1, 0.15) is 45.7 Å². The van der Waals surface area contributed by atoms with Gasteiger partial charge in [0, 0.05) is 6.42 Å². The number of rotatable bonds is 6. The molecule has 0 spiro atoms. The van der Waals surface area contributed by atoms with Gasteiger partial charge in [-0.25, -0.2) is 4.79 Å². The van der Waals surface area contributed by atoms with E-state index < -0.39 is 12.1 Å². The van der Waals surface area contributed by atoms with Crippen LogP contribution in [-0.2, 0) is 9.53 Å². The maximum atomic E-state index is 12.6. The Balaban J connectivity index is 2.04. The average Bonchev–Trinajstić information content (AvgIpc) is 2.84. The number of nitrogens with one attached hydrogen (secondary N) is 2. The molecular formula is C19H28N2O5. The minimum absolute atomic E-state index is 0.0737. The largest absolute Gasteiger partial charge is 0.490 e. The zero-order valence-electron chi connectivity index (χ0n) is 15.8. The van der Waals surface area contributed by atoms with E-state index in [-0.39, 0.29) is 24.5 Å². The fourth-order valence-corrected chi connectivity index (χ4v) is 2.67. The summed E-state index contributed by atoms with van der Waals surface area (Å²) >= 11 is 0. The number of hydrogen-bond donors (Lipinski definition) is 2. The molecule has 0 radical (unpaired) electrons. The van der Waals surface area contributed by atoms with Crippen LogP contribution in [0.3, 0.4) is 0 Å². The molecule has 1 aromatic rings. The lowest BCUT2D eigenvalue weighted by molar-refractivity contribution is -0.124. The molecule has 1 heterocycles. The lowest BCUT2D eigenvalue weighted by Crippen LogP contribution is -2.50. The first-order chi connectivity index (χ1) is 12.4. The van der Waals surface area contributed by atoms with E-state index in [1.165, 1.54) is 0 Å². The molecule has 7 heteroatoms. The summed E-state index contributed by atoms with van der Waals surface area (Å²) < 4.78 is 16.2. The topological polar surface area (TPSA) is 85.9 Å². The van der Waals surface area contributed by atoms with E-state index in [0.29, 0.717) is 24.7 Å². The zero-order valence-corrected chi connectivity index (χ0v) is 15.8. The van der Waals surface area contributed by atoms with Crippen LogP contribution in [0.5, 0.6) is 11.5 Å². The standard InChI is InChI=1S/C19H28N2O5/c1-5-24-19(23)21-17(12(2)3)18(22)20-13(4)14-7-8-15-16(11-14)26-10-6-9-25-15/h7-8,11-13,17H,5-6,9-10H2,1-4H3,(H,20,22)(H,21,23). The van der Waals surface area contributed by atoms with Crippen LogP contribution >= 0.6 is 0 Å². The first-order valence-electron chi connectivity index (χ1n) is 9.05. The maximum Gasteiger partial charge on any atom is 0.407 e. The summed E-state index contributed by atoms with van der Waals surface area (Å²) in [5.41, 5.74) is 0.904. The van der Waals surface area contributed by atoms with E-state index in [4.69, 9.17) is 14.2 Å². The summed E-state index contributed by atoms with van der Waals surface area (Å²) in [5.74, 6) is 1.07. The summed E-state index contributed by atoms with van der Waals surface area (Å²) in [7, 11) is 0. The summed E-state index contributed by atoms with van der Waals surface area (Å²) in [4.78, 5) is 24.3. The third-order valence-electron chi connectivity index (χ3n) is 4.13. The minimum atomic E-state index is -0.670. The van der Waals surface area contributed by atoms with E-state index in [1.54, 1.807) is 6.92 Å². The lowest BCUT2D eigenvalue weighted by atomic mass is 10.0. The smallest absolute Gasteiger partial charge is 0.407 e. The predicted octanol–water partition coefficient (Wildman–Crippen LogP) is 2.80. The van der Waals surface area contributed by atoms with Crippen LogP contribution in [0.2, 0.25) is 0 Å². The van der Waals surface area contributed by atoms with Crippen molar-refractivity contribution < 1.29 is 23.8 Å². The molecule has 0 aromatic heterocycles. The molecule has 2 amide bonds. The third kappa shape index (κ3) is 5.28. The van der Waals surface area contributed by atoms with Crippen molar-refractivity contribution >= 4 is 12.0 Å². The highest BCUT2D eigenvalue weighted by atomic mass is 16.5. The van der Waals surface area contributed by atoms with E-state index in [0.717, 1.165) is 12.0 Å². The SMILES string of the molecule is CCOC(=O)NC(C(=O)NC(C)c1ccc2c(c1)OCCCO2)C(C)C. The molecular weight excluding hydrogens is 336 g/mol. The number of amides is 2. The fourth-order valence-electron chi connectivity index (χ4n) is 2.67. The molecule has 0 saturated heterocycles. The van der Waals surface area contributed by atoms with Crippen LogP contribution in [0, 0.1) is 5.92 Å². The van der Waals surface area contributed by atoms with Crippen molar-refractivity contribution in [2.45, 2.75) is 46.2 Å². The molecule has 1 aliphatic heterocycles. The van der Waals surface area contributed by atoms with Crippen LogP contribution < -0.4 is 20.1 Å². The van der Waals surface area contributed by atoms with Crippen LogP contribution in [0.4, 0.5) is 4.79 Å².